The zero-order chi connectivity index (χ0) is 19.2. The molecule has 1 atom stereocenters. The van der Waals surface area contributed by atoms with Crippen molar-refractivity contribution in [2.24, 2.45) is 0 Å². The molecule has 1 N–H and O–H groups in total. The van der Waals surface area contributed by atoms with Gasteiger partial charge in [-0.15, -0.1) is 0 Å². The summed E-state index contributed by atoms with van der Waals surface area (Å²) in [6, 6.07) is 5.24. The topological polar surface area (TPSA) is 77.1 Å². The predicted octanol–water partition coefficient (Wildman–Crippen LogP) is 2.22. The molecule has 7 nitrogen and oxygen atoms in total. The molecule has 0 aromatic heterocycles. The van der Waals surface area contributed by atoms with Gasteiger partial charge in [0.05, 0.1) is 25.8 Å². The fourth-order valence-electron chi connectivity index (χ4n) is 2.38. The average molecular weight is 368 g/mol. The third-order valence-corrected chi connectivity index (χ3v) is 3.49. The van der Waals surface area contributed by atoms with Gasteiger partial charge in [-0.05, 0) is 38.5 Å². The van der Waals surface area contributed by atoms with Gasteiger partial charge in [0.25, 0.3) is 0 Å². The summed E-state index contributed by atoms with van der Waals surface area (Å²) in [5.41, 5.74) is -0.143. The van der Waals surface area contributed by atoms with Crippen molar-refractivity contribution in [1.82, 2.24) is 10.2 Å². The van der Waals surface area contributed by atoms with Crippen molar-refractivity contribution in [3.8, 4) is 0 Å². The molecule has 0 bridgehead atoms. The molecule has 144 valence electrons. The summed E-state index contributed by atoms with van der Waals surface area (Å²) in [5, 5.41) is 2.77. The van der Waals surface area contributed by atoms with Crippen molar-refractivity contribution in [2.45, 2.75) is 32.4 Å². The van der Waals surface area contributed by atoms with E-state index >= 15 is 0 Å². The van der Waals surface area contributed by atoms with E-state index in [-0.39, 0.29) is 39.0 Å². The third-order valence-electron chi connectivity index (χ3n) is 3.49. The number of nitrogens with zero attached hydrogens (tertiary/aromatic N) is 1. The van der Waals surface area contributed by atoms with Crippen molar-refractivity contribution < 1.29 is 28.2 Å². The van der Waals surface area contributed by atoms with Crippen LogP contribution >= 0.6 is 0 Å². The number of amides is 2. The highest BCUT2D eigenvalue weighted by Gasteiger charge is 2.27. The van der Waals surface area contributed by atoms with Gasteiger partial charge in [0.1, 0.15) is 24.8 Å². The second-order valence-corrected chi connectivity index (χ2v) is 6.97. The fourth-order valence-corrected chi connectivity index (χ4v) is 2.38. The first-order chi connectivity index (χ1) is 12.2. The van der Waals surface area contributed by atoms with Crippen LogP contribution < -0.4 is 5.32 Å². The minimum absolute atomic E-state index is 0.0278. The number of carbonyl (C=O) groups excluding carboxylic acids is 2. The summed E-state index contributed by atoms with van der Waals surface area (Å²) in [4.78, 5) is 25.9. The fraction of sp³-hybridized carbons (Fsp3) is 0.556. The average Bonchev–Trinajstić information content (AvgIpc) is 2.57. The van der Waals surface area contributed by atoms with Crippen LogP contribution in [0.5, 0.6) is 0 Å². The Balaban J connectivity index is 2.24. The molecule has 8 heteroatoms. The summed E-state index contributed by atoms with van der Waals surface area (Å²) in [5.74, 6) is -0.785. The molecule has 0 spiro atoms. The number of hydrogen-bond donors (Lipinski definition) is 1. The van der Waals surface area contributed by atoms with Gasteiger partial charge >= 0.3 is 6.09 Å². The lowest BCUT2D eigenvalue weighted by Gasteiger charge is -2.30. The molecule has 1 heterocycles. The van der Waals surface area contributed by atoms with E-state index in [9.17, 15) is 14.0 Å². The lowest BCUT2D eigenvalue weighted by atomic mass is 10.1. The normalized spacial score (nSPS) is 20.1. The summed E-state index contributed by atoms with van der Waals surface area (Å²) in [6.07, 6.45) is -0.576. The molecule has 1 aliphatic heterocycles. The molecule has 2 amide bonds. The highest BCUT2D eigenvalue weighted by Crippen LogP contribution is 2.18. The molecule has 1 aromatic rings. The van der Waals surface area contributed by atoms with E-state index in [2.05, 4.69) is 5.32 Å². The predicted molar refractivity (Wildman–Crippen MR) is 91.9 cm³/mol. The van der Waals surface area contributed by atoms with E-state index in [4.69, 9.17) is 14.2 Å². The van der Waals surface area contributed by atoms with Crippen LogP contribution in [0.15, 0.2) is 24.3 Å². The van der Waals surface area contributed by atoms with Crippen molar-refractivity contribution in [3.05, 3.63) is 35.6 Å². The monoisotopic (exact) mass is 368 g/mol. The third kappa shape index (κ3) is 6.61. The maximum Gasteiger partial charge on any atom is 0.412 e. The lowest BCUT2D eigenvalue weighted by Crippen LogP contribution is -2.44. The lowest BCUT2D eigenvalue weighted by molar-refractivity contribution is -0.126. The van der Waals surface area contributed by atoms with Gasteiger partial charge in [-0.3, -0.25) is 9.69 Å². The maximum absolute atomic E-state index is 13.6. The van der Waals surface area contributed by atoms with Gasteiger partial charge in [-0.1, -0.05) is 12.1 Å². The molecule has 0 radical (unpaired) electrons. The van der Waals surface area contributed by atoms with Crippen molar-refractivity contribution in [3.63, 3.8) is 0 Å². The molecule has 1 aliphatic rings. The summed E-state index contributed by atoms with van der Waals surface area (Å²) < 4.78 is 29.7. The molecule has 1 unspecified atom stereocenters. The first kappa shape index (κ1) is 20.1. The Bertz CT molecular complexity index is 632. The van der Waals surface area contributed by atoms with E-state index < -0.39 is 23.6 Å². The largest absolute Gasteiger partial charge is 0.444 e. The standard InChI is InChI=1S/C18H25FN2O5/c1-18(2,3)26-17(23)21-10-15(13-5-4-6-14(19)9-13)20-16(22)11-24-7-8-25-12-21/h4-6,9,15H,7-8,10-12H2,1-3H3,(H,20,22). The number of carbonyl (C=O) groups is 2. The van der Waals surface area contributed by atoms with Gasteiger partial charge in [0.2, 0.25) is 5.91 Å². The second kappa shape index (κ2) is 8.95. The van der Waals surface area contributed by atoms with E-state index in [0.29, 0.717) is 5.56 Å². The zero-order valence-corrected chi connectivity index (χ0v) is 15.3. The number of halogens is 1. The molecule has 1 fully saturated rings. The van der Waals surface area contributed by atoms with Crippen molar-refractivity contribution in [1.29, 1.82) is 0 Å². The first-order valence-corrected chi connectivity index (χ1v) is 8.43. The Labute approximate surface area is 152 Å². The Morgan fingerprint density at radius 3 is 2.73 bits per heavy atom. The molecule has 0 saturated carbocycles. The SMILES string of the molecule is CC(C)(C)OC(=O)N1COCCOCC(=O)NC(c2cccc(F)c2)C1. The number of hydrogen-bond acceptors (Lipinski definition) is 5. The van der Waals surface area contributed by atoms with Gasteiger partial charge in [0, 0.05) is 0 Å². The molecule has 26 heavy (non-hydrogen) atoms. The highest BCUT2D eigenvalue weighted by atomic mass is 19.1. The van der Waals surface area contributed by atoms with Crippen molar-refractivity contribution in [2.75, 3.05) is 33.1 Å². The molecular formula is C18H25FN2O5. The summed E-state index contributed by atoms with van der Waals surface area (Å²) >= 11 is 0. The number of benzene rings is 1. The van der Waals surface area contributed by atoms with E-state index in [0.717, 1.165) is 0 Å². The van der Waals surface area contributed by atoms with E-state index in [1.807, 2.05) is 0 Å². The molecule has 2 rings (SSSR count). The Hall–Kier alpha value is -2.19. The van der Waals surface area contributed by atoms with Crippen LogP contribution in [0, 0.1) is 5.82 Å². The highest BCUT2D eigenvalue weighted by molar-refractivity contribution is 5.78. The van der Waals surface area contributed by atoms with Crippen LogP contribution in [0.25, 0.3) is 0 Å². The molecule has 1 aromatic carbocycles. The van der Waals surface area contributed by atoms with E-state index in [1.54, 1.807) is 32.9 Å². The number of nitrogens with one attached hydrogen (secondary N) is 1. The van der Waals surface area contributed by atoms with Crippen LogP contribution in [-0.2, 0) is 19.0 Å². The number of rotatable bonds is 1. The van der Waals surface area contributed by atoms with Crippen LogP contribution in [0.1, 0.15) is 32.4 Å². The van der Waals surface area contributed by atoms with E-state index in [1.165, 1.54) is 17.0 Å². The molecular weight excluding hydrogens is 343 g/mol. The van der Waals surface area contributed by atoms with Crippen molar-refractivity contribution >= 4 is 12.0 Å². The zero-order valence-electron chi connectivity index (χ0n) is 15.3. The Kier molecular flexibility index (Phi) is 6.93. The second-order valence-electron chi connectivity index (χ2n) is 6.97. The first-order valence-electron chi connectivity index (χ1n) is 8.43. The van der Waals surface area contributed by atoms with Gasteiger partial charge < -0.3 is 19.5 Å². The van der Waals surface area contributed by atoms with Crippen LogP contribution in [0.3, 0.4) is 0 Å². The summed E-state index contributed by atoms with van der Waals surface area (Å²) in [6.45, 7) is 5.65. The number of ether oxygens (including phenoxy) is 3. The minimum Gasteiger partial charge on any atom is -0.444 e. The quantitative estimate of drug-likeness (QED) is 0.823. The smallest absolute Gasteiger partial charge is 0.412 e. The molecule has 1 saturated heterocycles. The maximum atomic E-state index is 13.6. The van der Waals surface area contributed by atoms with Crippen LogP contribution in [-0.4, -0.2) is 55.6 Å². The van der Waals surface area contributed by atoms with Crippen LogP contribution in [0.4, 0.5) is 9.18 Å². The van der Waals surface area contributed by atoms with Gasteiger partial charge in [-0.25, -0.2) is 9.18 Å². The van der Waals surface area contributed by atoms with Gasteiger partial charge in [-0.2, -0.15) is 0 Å². The minimum atomic E-state index is -0.677. The summed E-state index contributed by atoms with van der Waals surface area (Å²) in [7, 11) is 0. The molecule has 0 aliphatic carbocycles. The Morgan fingerprint density at radius 2 is 2.04 bits per heavy atom. The van der Waals surface area contributed by atoms with Crippen LogP contribution in [0.2, 0.25) is 0 Å². The Morgan fingerprint density at radius 1 is 1.31 bits per heavy atom. The van der Waals surface area contributed by atoms with Gasteiger partial charge in [0.15, 0.2) is 0 Å².